The van der Waals surface area contributed by atoms with Crippen molar-refractivity contribution in [2.75, 3.05) is 12.3 Å². The topological polar surface area (TPSA) is 64.9 Å². The van der Waals surface area contributed by atoms with E-state index in [2.05, 4.69) is 10.1 Å². The molecule has 1 unspecified atom stereocenters. The second-order valence-corrected chi connectivity index (χ2v) is 6.46. The van der Waals surface area contributed by atoms with Gasteiger partial charge >= 0.3 is 0 Å². The second-order valence-electron chi connectivity index (χ2n) is 5.15. The molecule has 0 amide bonds. The highest BCUT2D eigenvalue weighted by molar-refractivity contribution is 7.99. The summed E-state index contributed by atoms with van der Waals surface area (Å²) in [6, 6.07) is 0. The Labute approximate surface area is 106 Å². The van der Waals surface area contributed by atoms with Crippen molar-refractivity contribution >= 4 is 11.8 Å². The standard InChI is InChI=1S/C12H19N3OS/c13-8-12(5-1-2-6-12)11-14-10(15-16-11)9-4-3-7-17-9/h9H,1-8,13H2. The molecule has 1 aliphatic carbocycles. The van der Waals surface area contributed by atoms with Gasteiger partial charge in [-0.2, -0.15) is 16.7 Å². The molecule has 5 heteroatoms. The van der Waals surface area contributed by atoms with Gasteiger partial charge in [0.25, 0.3) is 0 Å². The minimum atomic E-state index is -0.0193. The molecular formula is C12H19N3OS. The molecule has 1 aromatic heterocycles. The van der Waals surface area contributed by atoms with Gasteiger partial charge in [0.2, 0.25) is 5.89 Å². The van der Waals surface area contributed by atoms with E-state index in [-0.39, 0.29) is 5.41 Å². The summed E-state index contributed by atoms with van der Waals surface area (Å²) in [5, 5.41) is 4.62. The molecule has 94 valence electrons. The van der Waals surface area contributed by atoms with Gasteiger partial charge in [-0.1, -0.05) is 18.0 Å². The zero-order chi connectivity index (χ0) is 11.7. The van der Waals surface area contributed by atoms with Crippen LogP contribution in [0.2, 0.25) is 0 Å². The molecule has 17 heavy (non-hydrogen) atoms. The molecule has 1 atom stereocenters. The average molecular weight is 253 g/mol. The van der Waals surface area contributed by atoms with Crippen LogP contribution in [0.1, 0.15) is 55.5 Å². The van der Waals surface area contributed by atoms with Gasteiger partial charge < -0.3 is 10.3 Å². The lowest BCUT2D eigenvalue weighted by atomic mass is 9.86. The number of rotatable bonds is 3. The third-order valence-corrected chi connectivity index (χ3v) is 5.44. The summed E-state index contributed by atoms with van der Waals surface area (Å²) in [4.78, 5) is 4.64. The number of aromatic nitrogens is 2. The molecule has 3 rings (SSSR count). The summed E-state index contributed by atoms with van der Waals surface area (Å²) in [6.45, 7) is 0.631. The zero-order valence-electron chi connectivity index (χ0n) is 10.0. The Kier molecular flexibility index (Phi) is 3.13. The molecule has 2 heterocycles. The Bertz CT molecular complexity index is 381. The van der Waals surface area contributed by atoms with E-state index in [1.807, 2.05) is 11.8 Å². The molecule has 2 aliphatic rings. The van der Waals surface area contributed by atoms with E-state index in [9.17, 15) is 0 Å². The summed E-state index contributed by atoms with van der Waals surface area (Å²) in [5.41, 5.74) is 5.91. The molecule has 0 spiro atoms. The van der Waals surface area contributed by atoms with E-state index in [1.165, 1.54) is 31.4 Å². The summed E-state index contributed by atoms with van der Waals surface area (Å²) >= 11 is 1.94. The van der Waals surface area contributed by atoms with Crippen molar-refractivity contribution in [2.24, 2.45) is 5.73 Å². The van der Waals surface area contributed by atoms with Gasteiger partial charge in [0.15, 0.2) is 5.82 Å². The summed E-state index contributed by atoms with van der Waals surface area (Å²) in [6.07, 6.45) is 7.10. The fraction of sp³-hybridized carbons (Fsp3) is 0.833. The molecule has 0 bridgehead atoms. The first-order chi connectivity index (χ1) is 8.34. The van der Waals surface area contributed by atoms with Crippen LogP contribution in [0.25, 0.3) is 0 Å². The predicted octanol–water partition coefficient (Wildman–Crippen LogP) is 2.41. The fourth-order valence-electron chi connectivity index (χ4n) is 2.92. The molecule has 1 saturated heterocycles. The van der Waals surface area contributed by atoms with Crippen LogP contribution in [-0.2, 0) is 5.41 Å². The van der Waals surface area contributed by atoms with Crippen molar-refractivity contribution in [1.82, 2.24) is 10.1 Å². The molecular weight excluding hydrogens is 234 g/mol. The number of hydrogen-bond acceptors (Lipinski definition) is 5. The van der Waals surface area contributed by atoms with Crippen molar-refractivity contribution < 1.29 is 4.52 Å². The van der Waals surface area contributed by atoms with Crippen LogP contribution in [0.5, 0.6) is 0 Å². The van der Waals surface area contributed by atoms with Gasteiger partial charge in [-0.15, -0.1) is 0 Å². The number of nitrogens with zero attached hydrogens (tertiary/aromatic N) is 2. The minimum absolute atomic E-state index is 0.0193. The average Bonchev–Trinajstić information content (AvgIpc) is 3.10. The Morgan fingerprint density at radius 1 is 1.35 bits per heavy atom. The molecule has 0 aromatic carbocycles. The monoisotopic (exact) mass is 253 g/mol. The van der Waals surface area contributed by atoms with E-state index < -0.39 is 0 Å². The van der Waals surface area contributed by atoms with E-state index in [4.69, 9.17) is 10.3 Å². The highest BCUT2D eigenvalue weighted by Gasteiger charge is 2.40. The molecule has 1 saturated carbocycles. The summed E-state index contributed by atoms with van der Waals surface area (Å²) in [5.74, 6) is 2.90. The van der Waals surface area contributed by atoms with Gasteiger partial charge in [0, 0.05) is 6.54 Å². The van der Waals surface area contributed by atoms with Gasteiger partial charge in [0.05, 0.1) is 10.7 Å². The number of thioether (sulfide) groups is 1. The van der Waals surface area contributed by atoms with E-state index in [0.29, 0.717) is 11.8 Å². The molecule has 1 aromatic rings. The zero-order valence-corrected chi connectivity index (χ0v) is 10.8. The predicted molar refractivity (Wildman–Crippen MR) is 67.9 cm³/mol. The second kappa shape index (κ2) is 4.61. The van der Waals surface area contributed by atoms with Crippen molar-refractivity contribution in [3.8, 4) is 0 Å². The van der Waals surface area contributed by atoms with Crippen LogP contribution >= 0.6 is 11.8 Å². The maximum Gasteiger partial charge on any atom is 0.234 e. The Morgan fingerprint density at radius 3 is 2.82 bits per heavy atom. The third-order valence-electron chi connectivity index (χ3n) is 4.06. The lowest BCUT2D eigenvalue weighted by molar-refractivity contribution is 0.283. The largest absolute Gasteiger partial charge is 0.339 e. The van der Waals surface area contributed by atoms with Crippen molar-refractivity contribution in [2.45, 2.75) is 49.2 Å². The Morgan fingerprint density at radius 2 is 2.18 bits per heavy atom. The first-order valence-corrected chi connectivity index (χ1v) is 7.55. The number of nitrogens with two attached hydrogens (primary N) is 1. The fourth-order valence-corrected chi connectivity index (χ4v) is 4.12. The van der Waals surface area contributed by atoms with Gasteiger partial charge in [-0.3, -0.25) is 0 Å². The SMILES string of the molecule is NCC1(c2nc(C3CCCS3)no2)CCCC1. The normalized spacial score (nSPS) is 27.7. The van der Waals surface area contributed by atoms with Crippen LogP contribution < -0.4 is 5.73 Å². The van der Waals surface area contributed by atoms with Crippen molar-refractivity contribution in [1.29, 1.82) is 0 Å². The summed E-state index contributed by atoms with van der Waals surface area (Å²) < 4.78 is 5.50. The van der Waals surface area contributed by atoms with E-state index in [0.717, 1.165) is 24.6 Å². The quantitative estimate of drug-likeness (QED) is 0.896. The maximum atomic E-state index is 5.93. The van der Waals surface area contributed by atoms with Gasteiger partial charge in [-0.05, 0) is 31.4 Å². The third kappa shape index (κ3) is 1.99. The maximum absolute atomic E-state index is 5.93. The van der Waals surface area contributed by atoms with Crippen molar-refractivity contribution in [3.05, 3.63) is 11.7 Å². The first-order valence-electron chi connectivity index (χ1n) is 6.50. The Balaban J connectivity index is 1.83. The van der Waals surface area contributed by atoms with E-state index in [1.54, 1.807) is 0 Å². The van der Waals surface area contributed by atoms with E-state index >= 15 is 0 Å². The van der Waals surface area contributed by atoms with Crippen LogP contribution in [0, 0.1) is 0 Å². The van der Waals surface area contributed by atoms with Crippen LogP contribution in [0.15, 0.2) is 4.52 Å². The van der Waals surface area contributed by atoms with Crippen LogP contribution in [0.3, 0.4) is 0 Å². The lowest BCUT2D eigenvalue weighted by Crippen LogP contribution is -2.32. The Hall–Kier alpha value is -0.550. The highest BCUT2D eigenvalue weighted by atomic mass is 32.2. The highest BCUT2D eigenvalue weighted by Crippen LogP contribution is 2.42. The smallest absolute Gasteiger partial charge is 0.234 e. The molecule has 2 N–H and O–H groups in total. The summed E-state index contributed by atoms with van der Waals surface area (Å²) in [7, 11) is 0. The van der Waals surface area contributed by atoms with Gasteiger partial charge in [-0.25, -0.2) is 0 Å². The number of hydrogen-bond donors (Lipinski definition) is 1. The van der Waals surface area contributed by atoms with Crippen LogP contribution in [-0.4, -0.2) is 22.4 Å². The molecule has 2 fully saturated rings. The molecule has 4 nitrogen and oxygen atoms in total. The first kappa shape index (κ1) is 11.5. The minimum Gasteiger partial charge on any atom is -0.339 e. The van der Waals surface area contributed by atoms with Gasteiger partial charge in [0.1, 0.15) is 0 Å². The van der Waals surface area contributed by atoms with Crippen molar-refractivity contribution in [3.63, 3.8) is 0 Å². The van der Waals surface area contributed by atoms with Crippen LogP contribution in [0.4, 0.5) is 0 Å². The molecule has 1 aliphatic heterocycles. The molecule has 0 radical (unpaired) electrons. The lowest BCUT2D eigenvalue weighted by Gasteiger charge is -2.21.